The average molecular weight is 367 g/mol. The number of ketones is 2. The van der Waals surface area contributed by atoms with Gasteiger partial charge in [-0.2, -0.15) is 0 Å². The van der Waals surface area contributed by atoms with E-state index in [1.165, 1.54) is 49.8 Å². The highest BCUT2D eigenvalue weighted by atomic mass is 16.1. The Balaban J connectivity index is 2.84. The van der Waals surface area contributed by atoms with E-state index in [0.717, 1.165) is 5.57 Å². The number of rotatable bonds is 7. The first kappa shape index (κ1) is 22.8. The van der Waals surface area contributed by atoms with E-state index in [-0.39, 0.29) is 22.6 Å². The van der Waals surface area contributed by atoms with E-state index < -0.39 is 0 Å². The van der Waals surface area contributed by atoms with Crippen LogP contribution >= 0.6 is 0 Å². The molecule has 0 saturated carbocycles. The second-order valence-corrected chi connectivity index (χ2v) is 8.14. The van der Waals surface area contributed by atoms with Crippen molar-refractivity contribution in [1.29, 1.82) is 0 Å². The molecule has 2 nitrogen and oxygen atoms in total. The maximum Gasteiger partial charge on any atom is 0.163 e. The van der Waals surface area contributed by atoms with Gasteiger partial charge < -0.3 is 0 Å². The summed E-state index contributed by atoms with van der Waals surface area (Å²) in [6.07, 6.45) is 17.6. The molecule has 0 aromatic heterocycles. The van der Waals surface area contributed by atoms with Gasteiger partial charge in [0, 0.05) is 0 Å². The lowest BCUT2D eigenvalue weighted by Gasteiger charge is -2.32. The molecular formula is C25H34O2. The second kappa shape index (κ2) is 10.2. The van der Waals surface area contributed by atoms with Crippen molar-refractivity contribution in [2.24, 2.45) is 5.41 Å². The minimum Gasteiger partial charge on any atom is -0.294 e. The molecule has 0 radical (unpaired) electrons. The van der Waals surface area contributed by atoms with Crippen LogP contribution in [0.15, 0.2) is 70.4 Å². The van der Waals surface area contributed by atoms with Crippen LogP contribution in [0.25, 0.3) is 0 Å². The Morgan fingerprint density at radius 1 is 0.889 bits per heavy atom. The molecule has 0 heterocycles. The van der Waals surface area contributed by atoms with Gasteiger partial charge in [0.2, 0.25) is 0 Å². The van der Waals surface area contributed by atoms with Gasteiger partial charge in [-0.1, -0.05) is 67.0 Å². The van der Waals surface area contributed by atoms with Gasteiger partial charge in [0.15, 0.2) is 11.6 Å². The first-order valence-electron chi connectivity index (χ1n) is 9.68. The van der Waals surface area contributed by atoms with Crippen molar-refractivity contribution < 1.29 is 9.59 Å². The highest BCUT2D eigenvalue weighted by Gasteiger charge is 2.26. The van der Waals surface area contributed by atoms with Crippen molar-refractivity contribution in [3.05, 3.63) is 70.4 Å². The van der Waals surface area contributed by atoms with Crippen LogP contribution in [-0.2, 0) is 9.59 Å². The summed E-state index contributed by atoms with van der Waals surface area (Å²) in [5, 5.41) is 0. The third kappa shape index (κ3) is 7.50. The second-order valence-electron chi connectivity index (χ2n) is 8.14. The summed E-state index contributed by atoms with van der Waals surface area (Å²) in [6.45, 7) is 13.8. The van der Waals surface area contributed by atoms with E-state index in [1.807, 2.05) is 19.1 Å². The van der Waals surface area contributed by atoms with Crippen LogP contribution in [-0.4, -0.2) is 11.6 Å². The molecule has 1 aliphatic carbocycles. The van der Waals surface area contributed by atoms with Gasteiger partial charge in [-0.15, -0.1) is 0 Å². The van der Waals surface area contributed by atoms with E-state index in [2.05, 4.69) is 45.9 Å². The third-order valence-electron chi connectivity index (χ3n) is 5.05. The van der Waals surface area contributed by atoms with E-state index in [9.17, 15) is 9.59 Å². The van der Waals surface area contributed by atoms with Crippen LogP contribution in [0.3, 0.4) is 0 Å². The number of hydrogen-bond acceptors (Lipinski definition) is 2. The Bertz CT molecular complexity index is 746. The summed E-state index contributed by atoms with van der Waals surface area (Å²) >= 11 is 0. The first-order valence-corrected chi connectivity index (χ1v) is 9.68. The summed E-state index contributed by atoms with van der Waals surface area (Å²) in [5.41, 5.74) is 5.62. The van der Waals surface area contributed by atoms with Crippen molar-refractivity contribution in [2.45, 2.75) is 67.7 Å². The minimum absolute atomic E-state index is 0.202. The summed E-state index contributed by atoms with van der Waals surface area (Å²) in [4.78, 5) is 22.8. The molecule has 0 bridgehead atoms. The van der Waals surface area contributed by atoms with Gasteiger partial charge >= 0.3 is 0 Å². The minimum atomic E-state index is -0.202. The van der Waals surface area contributed by atoms with Crippen LogP contribution in [0.4, 0.5) is 0 Å². The van der Waals surface area contributed by atoms with Crippen molar-refractivity contribution in [3.8, 4) is 0 Å². The highest BCUT2D eigenvalue weighted by Crippen LogP contribution is 2.40. The average Bonchev–Trinajstić information content (AvgIpc) is 2.53. The zero-order chi connectivity index (χ0) is 20.6. The number of Topliss-reactive ketones (excluding diaryl/α,β-unsaturated/α-hetero) is 2. The smallest absolute Gasteiger partial charge is 0.163 e. The molecule has 0 saturated heterocycles. The zero-order valence-electron chi connectivity index (χ0n) is 18.0. The highest BCUT2D eigenvalue weighted by molar-refractivity contribution is 6.18. The topological polar surface area (TPSA) is 34.1 Å². The molecule has 0 aliphatic heterocycles. The summed E-state index contributed by atoms with van der Waals surface area (Å²) in [6, 6.07) is 0. The molecule has 146 valence electrons. The van der Waals surface area contributed by atoms with Crippen molar-refractivity contribution >= 4 is 11.6 Å². The maximum atomic E-state index is 11.4. The lowest BCUT2D eigenvalue weighted by Crippen LogP contribution is -2.19. The fourth-order valence-corrected chi connectivity index (χ4v) is 3.39. The quantitative estimate of drug-likeness (QED) is 0.219. The van der Waals surface area contributed by atoms with Crippen molar-refractivity contribution in [2.75, 3.05) is 0 Å². The van der Waals surface area contributed by atoms with Crippen molar-refractivity contribution in [3.63, 3.8) is 0 Å². The standard InChI is InChI=1S/C25H34O2/c1-18(13-15-23(21(4)26)22(5)27)10-8-11-19(2)14-16-24-20(3)12-9-17-25(24,6)7/h8,10-11,13-16H,9,12,17H2,1-7H3. The summed E-state index contributed by atoms with van der Waals surface area (Å²) < 4.78 is 0. The molecule has 0 aromatic rings. The fourth-order valence-electron chi connectivity index (χ4n) is 3.39. The lowest BCUT2D eigenvalue weighted by molar-refractivity contribution is -0.119. The Hall–Kier alpha value is -2.22. The predicted molar refractivity (Wildman–Crippen MR) is 116 cm³/mol. The lowest BCUT2D eigenvalue weighted by atomic mass is 9.72. The molecule has 1 rings (SSSR count). The molecule has 0 atom stereocenters. The molecule has 1 aliphatic rings. The van der Waals surface area contributed by atoms with Gasteiger partial charge in [-0.3, -0.25) is 9.59 Å². The molecule has 27 heavy (non-hydrogen) atoms. The van der Waals surface area contributed by atoms with Crippen LogP contribution in [0.1, 0.15) is 67.7 Å². The summed E-state index contributed by atoms with van der Waals surface area (Å²) in [5.74, 6) is -0.404. The number of carbonyl (C=O) groups excluding carboxylic acids is 2. The van der Waals surface area contributed by atoms with E-state index in [4.69, 9.17) is 0 Å². The number of carbonyl (C=O) groups is 2. The molecule has 0 amide bonds. The van der Waals surface area contributed by atoms with Gasteiger partial charge in [-0.05, 0) is 70.9 Å². The van der Waals surface area contributed by atoms with Crippen LogP contribution in [0.5, 0.6) is 0 Å². The first-order chi connectivity index (χ1) is 12.5. The van der Waals surface area contributed by atoms with E-state index in [1.54, 1.807) is 12.2 Å². The SMILES string of the molecule is CC(=O)C(=CC=C(C)C=CC=C(C)C=CC1=C(C)CCCC1(C)C)C(C)=O. The van der Waals surface area contributed by atoms with Crippen LogP contribution in [0, 0.1) is 5.41 Å². The fraction of sp³-hybridized carbons (Fsp3) is 0.440. The third-order valence-corrected chi connectivity index (χ3v) is 5.05. The van der Waals surface area contributed by atoms with E-state index >= 15 is 0 Å². The Morgan fingerprint density at radius 2 is 1.48 bits per heavy atom. The molecule has 0 aromatic carbocycles. The predicted octanol–water partition coefficient (Wildman–Crippen LogP) is 6.62. The molecule has 0 unspecified atom stereocenters. The van der Waals surface area contributed by atoms with E-state index in [0.29, 0.717) is 0 Å². The molecule has 0 fully saturated rings. The molecule has 0 spiro atoms. The van der Waals surface area contributed by atoms with Gasteiger partial charge in [0.05, 0.1) is 5.57 Å². The number of allylic oxidation sites excluding steroid dienone is 12. The van der Waals surface area contributed by atoms with Gasteiger partial charge in [0.25, 0.3) is 0 Å². The molecular weight excluding hydrogens is 332 g/mol. The van der Waals surface area contributed by atoms with Crippen LogP contribution < -0.4 is 0 Å². The molecule has 0 N–H and O–H groups in total. The Labute approximate surface area is 165 Å². The summed E-state index contributed by atoms with van der Waals surface area (Å²) in [7, 11) is 0. The largest absolute Gasteiger partial charge is 0.294 e. The van der Waals surface area contributed by atoms with Gasteiger partial charge in [-0.25, -0.2) is 0 Å². The normalized spacial score (nSPS) is 18.3. The molecule has 2 heteroatoms. The Morgan fingerprint density at radius 3 is 2.04 bits per heavy atom. The van der Waals surface area contributed by atoms with Crippen LogP contribution in [0.2, 0.25) is 0 Å². The van der Waals surface area contributed by atoms with Gasteiger partial charge in [0.1, 0.15) is 0 Å². The number of hydrogen-bond donors (Lipinski definition) is 0. The van der Waals surface area contributed by atoms with Crippen molar-refractivity contribution in [1.82, 2.24) is 0 Å². The maximum absolute atomic E-state index is 11.4. The Kier molecular flexibility index (Phi) is 8.62. The zero-order valence-corrected chi connectivity index (χ0v) is 18.0. The monoisotopic (exact) mass is 366 g/mol.